The number of benzene rings is 1. The van der Waals surface area contributed by atoms with Gasteiger partial charge in [0.1, 0.15) is 11.5 Å². The van der Waals surface area contributed by atoms with Crippen LogP contribution in [0.1, 0.15) is 24.3 Å². The van der Waals surface area contributed by atoms with Crippen molar-refractivity contribution < 1.29 is 14.3 Å². The Bertz CT molecular complexity index is 996. The van der Waals surface area contributed by atoms with Gasteiger partial charge in [-0.15, -0.1) is 0 Å². The summed E-state index contributed by atoms with van der Waals surface area (Å²) in [5, 5.41) is 2.96. The SMILES string of the molecule is CC.O=C(Nc1ccc(-c2cc3c(cc2Br)OCO3)cn1)c1ncccc1Cl. The molecule has 6 nitrogen and oxygen atoms in total. The number of carbonyl (C=O) groups excluding carboxylic acids is 1. The van der Waals surface area contributed by atoms with Crippen LogP contribution >= 0.6 is 27.5 Å². The lowest BCUT2D eigenvalue weighted by atomic mass is 10.1. The molecule has 1 aliphatic rings. The zero-order chi connectivity index (χ0) is 20.1. The van der Waals surface area contributed by atoms with Gasteiger partial charge in [-0.3, -0.25) is 4.79 Å². The van der Waals surface area contributed by atoms with E-state index >= 15 is 0 Å². The number of aromatic nitrogens is 2. The number of pyridine rings is 2. The number of carbonyl (C=O) groups is 1. The number of nitrogens with one attached hydrogen (secondary N) is 1. The minimum atomic E-state index is -0.417. The Hall–Kier alpha value is -2.64. The second kappa shape index (κ2) is 9.03. The topological polar surface area (TPSA) is 73.3 Å². The minimum absolute atomic E-state index is 0.151. The molecule has 0 spiro atoms. The van der Waals surface area contributed by atoms with Crippen LogP contribution in [-0.4, -0.2) is 22.7 Å². The highest BCUT2D eigenvalue weighted by Crippen LogP contribution is 2.40. The molecule has 0 fully saturated rings. The molecule has 1 N–H and O–H groups in total. The van der Waals surface area contributed by atoms with Crippen molar-refractivity contribution in [2.45, 2.75) is 13.8 Å². The summed E-state index contributed by atoms with van der Waals surface area (Å²) in [7, 11) is 0. The van der Waals surface area contributed by atoms with E-state index in [1.54, 1.807) is 24.4 Å². The summed E-state index contributed by atoms with van der Waals surface area (Å²) in [6.07, 6.45) is 3.17. The minimum Gasteiger partial charge on any atom is -0.454 e. The maximum absolute atomic E-state index is 12.2. The molecule has 4 rings (SSSR count). The molecule has 0 saturated heterocycles. The van der Waals surface area contributed by atoms with Crippen molar-refractivity contribution in [2.24, 2.45) is 0 Å². The number of ether oxygens (including phenoxy) is 2. The van der Waals surface area contributed by atoms with Crippen LogP contribution in [0, 0.1) is 0 Å². The molecule has 0 bridgehead atoms. The van der Waals surface area contributed by atoms with Crippen LogP contribution in [0.4, 0.5) is 5.82 Å². The zero-order valence-corrected chi connectivity index (χ0v) is 17.5. The normalized spacial score (nSPS) is 11.4. The molecule has 0 saturated carbocycles. The molecular weight excluding hydrogens is 446 g/mol. The van der Waals surface area contributed by atoms with E-state index in [1.165, 1.54) is 6.20 Å². The molecule has 2 aromatic heterocycles. The third-order valence-electron chi connectivity index (χ3n) is 3.75. The van der Waals surface area contributed by atoms with Crippen LogP contribution in [0.2, 0.25) is 5.02 Å². The van der Waals surface area contributed by atoms with Gasteiger partial charge in [-0.1, -0.05) is 41.4 Å². The summed E-state index contributed by atoms with van der Waals surface area (Å²) in [5.41, 5.74) is 1.93. The highest BCUT2D eigenvalue weighted by Gasteiger charge is 2.17. The molecule has 0 atom stereocenters. The first-order chi connectivity index (χ1) is 13.6. The summed E-state index contributed by atoms with van der Waals surface area (Å²) in [6, 6.07) is 10.6. The van der Waals surface area contributed by atoms with Gasteiger partial charge in [0.05, 0.1) is 5.02 Å². The van der Waals surface area contributed by atoms with Crippen LogP contribution in [0.15, 0.2) is 53.3 Å². The first kappa shape index (κ1) is 20.1. The lowest BCUT2D eigenvalue weighted by Crippen LogP contribution is -2.14. The fourth-order valence-electron chi connectivity index (χ4n) is 2.49. The van der Waals surface area contributed by atoms with Crippen LogP contribution in [0.3, 0.4) is 0 Å². The Kier molecular flexibility index (Phi) is 6.49. The van der Waals surface area contributed by atoms with Gasteiger partial charge in [0.25, 0.3) is 5.91 Å². The molecule has 28 heavy (non-hydrogen) atoms. The van der Waals surface area contributed by atoms with E-state index in [0.717, 1.165) is 15.6 Å². The lowest BCUT2D eigenvalue weighted by Gasteiger charge is -2.08. The van der Waals surface area contributed by atoms with E-state index in [2.05, 4.69) is 31.2 Å². The van der Waals surface area contributed by atoms with Gasteiger partial charge in [0.15, 0.2) is 11.5 Å². The molecule has 8 heteroatoms. The second-order valence-corrected chi connectivity index (χ2v) is 6.67. The summed E-state index contributed by atoms with van der Waals surface area (Å²) in [4.78, 5) is 20.5. The summed E-state index contributed by atoms with van der Waals surface area (Å²) in [6.45, 7) is 4.21. The Morgan fingerprint density at radius 2 is 1.89 bits per heavy atom. The zero-order valence-electron chi connectivity index (χ0n) is 15.2. The number of anilines is 1. The van der Waals surface area contributed by atoms with Gasteiger partial charge in [-0.2, -0.15) is 0 Å². The Balaban J connectivity index is 0.00000109. The third kappa shape index (κ3) is 4.26. The van der Waals surface area contributed by atoms with E-state index in [-0.39, 0.29) is 17.5 Å². The van der Waals surface area contributed by atoms with Gasteiger partial charge in [0, 0.05) is 28.0 Å². The van der Waals surface area contributed by atoms with Crippen molar-refractivity contribution in [3.05, 3.63) is 64.0 Å². The maximum Gasteiger partial charge on any atom is 0.276 e. The van der Waals surface area contributed by atoms with Crippen LogP contribution in [-0.2, 0) is 0 Å². The van der Waals surface area contributed by atoms with Crippen LogP contribution < -0.4 is 14.8 Å². The van der Waals surface area contributed by atoms with Crippen LogP contribution in [0.5, 0.6) is 11.5 Å². The van der Waals surface area contributed by atoms with Gasteiger partial charge in [-0.25, -0.2) is 9.97 Å². The van der Waals surface area contributed by atoms with Gasteiger partial charge in [0.2, 0.25) is 6.79 Å². The molecule has 1 aliphatic heterocycles. The van der Waals surface area contributed by atoms with Gasteiger partial charge in [-0.05, 0) is 36.4 Å². The summed E-state index contributed by atoms with van der Waals surface area (Å²) < 4.78 is 11.6. The molecule has 3 aromatic rings. The Morgan fingerprint density at radius 1 is 1.14 bits per heavy atom. The predicted molar refractivity (Wildman–Crippen MR) is 112 cm³/mol. The fourth-order valence-corrected chi connectivity index (χ4v) is 3.25. The van der Waals surface area contributed by atoms with Gasteiger partial charge < -0.3 is 14.8 Å². The van der Waals surface area contributed by atoms with Crippen molar-refractivity contribution in [3.8, 4) is 22.6 Å². The molecule has 0 unspecified atom stereocenters. The molecule has 1 amide bonds. The monoisotopic (exact) mass is 461 g/mol. The van der Waals surface area contributed by atoms with E-state index in [1.807, 2.05) is 32.0 Å². The van der Waals surface area contributed by atoms with Crippen molar-refractivity contribution in [1.82, 2.24) is 9.97 Å². The van der Waals surface area contributed by atoms with E-state index in [9.17, 15) is 4.79 Å². The van der Waals surface area contributed by atoms with Crippen LogP contribution in [0.25, 0.3) is 11.1 Å². The largest absolute Gasteiger partial charge is 0.454 e. The van der Waals surface area contributed by atoms with Crippen molar-refractivity contribution in [1.29, 1.82) is 0 Å². The maximum atomic E-state index is 12.2. The molecule has 144 valence electrons. The summed E-state index contributed by atoms with van der Waals surface area (Å²) >= 11 is 9.51. The third-order valence-corrected chi connectivity index (χ3v) is 4.71. The first-order valence-corrected chi connectivity index (χ1v) is 9.76. The quantitative estimate of drug-likeness (QED) is 0.551. The van der Waals surface area contributed by atoms with E-state index in [0.29, 0.717) is 17.3 Å². The lowest BCUT2D eigenvalue weighted by molar-refractivity contribution is 0.102. The van der Waals surface area contributed by atoms with Crippen molar-refractivity contribution >= 4 is 39.3 Å². The second-order valence-electron chi connectivity index (χ2n) is 5.41. The highest BCUT2D eigenvalue weighted by atomic mass is 79.9. The molecule has 3 heterocycles. The number of halogens is 2. The number of hydrogen-bond donors (Lipinski definition) is 1. The number of fused-ring (bicyclic) bond motifs is 1. The first-order valence-electron chi connectivity index (χ1n) is 8.59. The average molecular weight is 463 g/mol. The van der Waals surface area contributed by atoms with Crippen molar-refractivity contribution in [2.75, 3.05) is 12.1 Å². The Morgan fingerprint density at radius 3 is 2.57 bits per heavy atom. The smallest absolute Gasteiger partial charge is 0.276 e. The summed E-state index contributed by atoms with van der Waals surface area (Å²) in [5.74, 6) is 1.37. The molecular formula is C20H17BrClN3O3. The number of hydrogen-bond acceptors (Lipinski definition) is 5. The highest BCUT2D eigenvalue weighted by molar-refractivity contribution is 9.10. The van der Waals surface area contributed by atoms with E-state index < -0.39 is 5.91 Å². The van der Waals surface area contributed by atoms with Crippen molar-refractivity contribution in [3.63, 3.8) is 0 Å². The average Bonchev–Trinajstić information content (AvgIpc) is 3.17. The predicted octanol–water partition coefficient (Wildman–Crippen LogP) is 5.57. The van der Waals surface area contributed by atoms with E-state index in [4.69, 9.17) is 21.1 Å². The number of nitrogens with zero attached hydrogens (tertiary/aromatic N) is 2. The molecule has 0 radical (unpaired) electrons. The molecule has 0 aliphatic carbocycles. The number of rotatable bonds is 3. The standard InChI is InChI=1S/C18H11BrClN3O3.C2H6/c19-12-7-15-14(25-9-26-15)6-11(12)10-3-4-16(22-8-10)23-18(24)17-13(20)2-1-5-21-17;1-2/h1-8H,9H2,(H,22,23,24);1-2H3. The van der Waals surface area contributed by atoms with Gasteiger partial charge >= 0.3 is 0 Å². The molecule has 1 aromatic carbocycles. The Labute approximate surface area is 176 Å². The number of amides is 1. The fraction of sp³-hybridized carbons (Fsp3) is 0.150.